The van der Waals surface area contributed by atoms with Crippen LogP contribution < -0.4 is 11.5 Å². The highest BCUT2D eigenvalue weighted by molar-refractivity contribution is 6.05. The van der Waals surface area contributed by atoms with Gasteiger partial charge in [-0.3, -0.25) is 0 Å². The molecule has 5 heteroatoms. The number of amides is 2. The van der Waals surface area contributed by atoms with E-state index in [4.69, 9.17) is 11.5 Å². The first-order chi connectivity index (χ1) is 6.02. The molecule has 1 rings (SSSR count). The van der Waals surface area contributed by atoms with E-state index in [1.807, 2.05) is 6.92 Å². The van der Waals surface area contributed by atoms with Gasteiger partial charge in [0, 0.05) is 7.05 Å². The first-order valence-corrected chi connectivity index (χ1v) is 4.35. The van der Waals surface area contributed by atoms with Crippen molar-refractivity contribution in [2.24, 2.45) is 16.5 Å². The average Bonchev–Trinajstić information content (AvgIpc) is 2.28. The molecule has 0 aromatic rings. The monoisotopic (exact) mass is 184 g/mol. The van der Waals surface area contributed by atoms with Crippen LogP contribution in [-0.2, 0) is 0 Å². The molecule has 4 N–H and O–H groups in total. The van der Waals surface area contributed by atoms with Crippen molar-refractivity contribution in [1.82, 2.24) is 4.90 Å². The van der Waals surface area contributed by atoms with Crippen molar-refractivity contribution in [3.63, 3.8) is 0 Å². The largest absolute Gasteiger partial charge is 0.385 e. The Morgan fingerprint density at radius 2 is 2.23 bits per heavy atom. The van der Waals surface area contributed by atoms with E-state index >= 15 is 0 Å². The average molecular weight is 184 g/mol. The van der Waals surface area contributed by atoms with Crippen molar-refractivity contribution < 1.29 is 4.79 Å². The molecule has 74 valence electrons. The normalized spacial score (nSPS) is 28.1. The lowest BCUT2D eigenvalue weighted by Crippen LogP contribution is -2.50. The lowest BCUT2D eigenvalue weighted by molar-refractivity contribution is 0.192. The highest BCUT2D eigenvalue weighted by Gasteiger charge is 2.41. The highest BCUT2D eigenvalue weighted by atomic mass is 16.2. The number of hydrogen-bond acceptors (Lipinski definition) is 3. The summed E-state index contributed by atoms with van der Waals surface area (Å²) in [7, 11) is 1.71. The molecule has 0 bridgehead atoms. The molecular weight excluding hydrogens is 168 g/mol. The molecule has 1 heterocycles. The van der Waals surface area contributed by atoms with Crippen LogP contribution in [0.3, 0.4) is 0 Å². The minimum atomic E-state index is -0.434. The van der Waals surface area contributed by atoms with E-state index in [-0.39, 0.29) is 6.03 Å². The predicted octanol–water partition coefficient (Wildman–Crippen LogP) is -0.0934. The van der Waals surface area contributed by atoms with Crippen LogP contribution in [0.5, 0.6) is 0 Å². The zero-order chi connectivity index (χ0) is 10.1. The fourth-order valence-electron chi connectivity index (χ4n) is 1.42. The van der Waals surface area contributed by atoms with Crippen LogP contribution in [0.15, 0.2) is 4.99 Å². The maximum atomic E-state index is 11.2. The topological polar surface area (TPSA) is 84.7 Å². The Labute approximate surface area is 77.8 Å². The summed E-state index contributed by atoms with van der Waals surface area (Å²) >= 11 is 0. The van der Waals surface area contributed by atoms with Crippen molar-refractivity contribution in [2.45, 2.75) is 25.3 Å². The fraction of sp³-hybridized carbons (Fsp3) is 0.750. The Balaban J connectivity index is 2.77. The van der Waals surface area contributed by atoms with Crippen LogP contribution in [0.4, 0.5) is 4.79 Å². The second-order valence-corrected chi connectivity index (χ2v) is 3.50. The van der Waals surface area contributed by atoms with Gasteiger partial charge in [0.2, 0.25) is 0 Å². The van der Waals surface area contributed by atoms with E-state index in [1.54, 1.807) is 11.9 Å². The van der Waals surface area contributed by atoms with Crippen molar-refractivity contribution in [2.75, 3.05) is 13.6 Å². The van der Waals surface area contributed by atoms with Gasteiger partial charge in [-0.25, -0.2) is 4.79 Å². The van der Waals surface area contributed by atoms with E-state index in [0.29, 0.717) is 12.4 Å². The van der Waals surface area contributed by atoms with E-state index in [9.17, 15) is 4.79 Å². The summed E-state index contributed by atoms with van der Waals surface area (Å²) in [5.74, 6) is 0.397. The van der Waals surface area contributed by atoms with E-state index < -0.39 is 5.54 Å². The summed E-state index contributed by atoms with van der Waals surface area (Å²) in [6, 6.07) is -0.267. The van der Waals surface area contributed by atoms with Gasteiger partial charge in [0.1, 0.15) is 5.84 Å². The quantitative estimate of drug-likeness (QED) is 0.642. The molecule has 0 radical (unpaired) electrons. The molecule has 0 saturated carbocycles. The smallest absolute Gasteiger partial charge is 0.345 e. The molecule has 0 aromatic heterocycles. The van der Waals surface area contributed by atoms with Crippen LogP contribution in [0, 0.1) is 0 Å². The van der Waals surface area contributed by atoms with E-state index in [1.165, 1.54) is 0 Å². The summed E-state index contributed by atoms with van der Waals surface area (Å²) in [5, 5.41) is 0. The third-order valence-electron chi connectivity index (χ3n) is 2.66. The molecule has 0 spiro atoms. The Morgan fingerprint density at radius 3 is 2.62 bits per heavy atom. The van der Waals surface area contributed by atoms with E-state index in [2.05, 4.69) is 4.99 Å². The highest BCUT2D eigenvalue weighted by Crippen LogP contribution is 2.25. The summed E-state index contributed by atoms with van der Waals surface area (Å²) in [6.07, 6.45) is 1.60. The minimum absolute atomic E-state index is 0.267. The van der Waals surface area contributed by atoms with Gasteiger partial charge in [-0.05, 0) is 26.3 Å². The third-order valence-corrected chi connectivity index (χ3v) is 2.66. The van der Waals surface area contributed by atoms with Gasteiger partial charge >= 0.3 is 6.03 Å². The van der Waals surface area contributed by atoms with Crippen molar-refractivity contribution >= 4 is 11.9 Å². The summed E-state index contributed by atoms with van der Waals surface area (Å²) in [4.78, 5) is 16.5. The Bertz CT molecular complexity index is 251. The number of carbonyl (C=O) groups is 1. The van der Waals surface area contributed by atoms with Gasteiger partial charge in [0.15, 0.2) is 0 Å². The summed E-state index contributed by atoms with van der Waals surface area (Å²) < 4.78 is 0. The van der Waals surface area contributed by atoms with Gasteiger partial charge in [-0.15, -0.1) is 0 Å². The Kier molecular flexibility index (Phi) is 2.56. The number of aliphatic imine (C=N–C) groups is 1. The maximum absolute atomic E-state index is 11.2. The standard InChI is InChI=1S/C8H16N4O/c1-8(4-3-5-9)6(10)11-7(13)12(8)2/h3-5,9H2,1-2H3,(H2,10,11,13). The molecule has 2 amide bonds. The van der Waals surface area contributed by atoms with Gasteiger partial charge in [-0.2, -0.15) is 4.99 Å². The molecule has 1 aliphatic heterocycles. The number of urea groups is 1. The number of likely N-dealkylation sites (N-methyl/N-ethyl adjacent to an activating group) is 1. The molecule has 1 atom stereocenters. The van der Waals surface area contributed by atoms with Crippen molar-refractivity contribution in [1.29, 1.82) is 0 Å². The number of amidine groups is 1. The molecule has 0 saturated heterocycles. The summed E-state index contributed by atoms with van der Waals surface area (Å²) in [5.41, 5.74) is 10.7. The lowest BCUT2D eigenvalue weighted by atomic mass is 9.94. The van der Waals surface area contributed by atoms with Gasteiger partial charge < -0.3 is 16.4 Å². The third kappa shape index (κ3) is 1.51. The van der Waals surface area contributed by atoms with Crippen LogP contribution in [0.1, 0.15) is 19.8 Å². The second kappa shape index (κ2) is 3.33. The molecule has 0 aromatic carbocycles. The molecule has 1 unspecified atom stereocenters. The number of nitrogens with zero attached hydrogens (tertiary/aromatic N) is 2. The van der Waals surface area contributed by atoms with Crippen LogP contribution in [0.25, 0.3) is 0 Å². The Morgan fingerprint density at radius 1 is 1.62 bits per heavy atom. The van der Waals surface area contributed by atoms with Gasteiger partial charge in [0.05, 0.1) is 5.54 Å². The molecule has 13 heavy (non-hydrogen) atoms. The summed E-state index contributed by atoms with van der Waals surface area (Å²) in [6.45, 7) is 2.51. The zero-order valence-corrected chi connectivity index (χ0v) is 8.08. The number of carbonyl (C=O) groups excluding carboxylic acids is 1. The van der Waals surface area contributed by atoms with Crippen LogP contribution >= 0.6 is 0 Å². The van der Waals surface area contributed by atoms with Crippen LogP contribution in [0.2, 0.25) is 0 Å². The predicted molar refractivity (Wildman–Crippen MR) is 51.5 cm³/mol. The first kappa shape index (κ1) is 9.98. The SMILES string of the molecule is CN1C(=O)N=C(N)C1(C)CCCN. The van der Waals surface area contributed by atoms with Crippen molar-refractivity contribution in [3.05, 3.63) is 0 Å². The molecule has 0 fully saturated rings. The maximum Gasteiger partial charge on any atom is 0.345 e. The number of nitrogens with two attached hydrogens (primary N) is 2. The molecule has 5 nitrogen and oxygen atoms in total. The Hall–Kier alpha value is -1.10. The zero-order valence-electron chi connectivity index (χ0n) is 8.08. The second-order valence-electron chi connectivity index (χ2n) is 3.50. The number of hydrogen-bond donors (Lipinski definition) is 2. The van der Waals surface area contributed by atoms with Crippen LogP contribution in [-0.4, -0.2) is 35.9 Å². The van der Waals surface area contributed by atoms with Crippen molar-refractivity contribution in [3.8, 4) is 0 Å². The molecule has 0 aliphatic carbocycles. The first-order valence-electron chi connectivity index (χ1n) is 4.35. The van der Waals surface area contributed by atoms with Gasteiger partial charge in [-0.1, -0.05) is 0 Å². The number of rotatable bonds is 3. The minimum Gasteiger partial charge on any atom is -0.385 e. The molecular formula is C8H16N4O. The van der Waals surface area contributed by atoms with E-state index in [0.717, 1.165) is 12.8 Å². The van der Waals surface area contributed by atoms with Gasteiger partial charge in [0.25, 0.3) is 0 Å². The molecule has 1 aliphatic rings. The fourth-order valence-corrected chi connectivity index (χ4v) is 1.42. The lowest BCUT2D eigenvalue weighted by Gasteiger charge is -2.31.